The van der Waals surface area contributed by atoms with Crippen LogP contribution >= 0.6 is 0 Å². The van der Waals surface area contributed by atoms with Crippen LogP contribution in [0.4, 0.5) is 0 Å². The Hall–Kier alpha value is -1.84. The zero-order chi connectivity index (χ0) is 13.7. The van der Waals surface area contributed by atoms with E-state index in [0.717, 1.165) is 11.1 Å². The molecular weight excluding hydrogens is 230 g/mol. The molecule has 0 aromatic heterocycles. The van der Waals surface area contributed by atoms with Gasteiger partial charge in [0.15, 0.2) is 0 Å². The van der Waals surface area contributed by atoms with Crippen LogP contribution in [0, 0.1) is 13.8 Å². The van der Waals surface area contributed by atoms with Crippen molar-refractivity contribution < 1.29 is 14.7 Å². The highest BCUT2D eigenvalue weighted by atomic mass is 16.4. The highest BCUT2D eigenvalue weighted by molar-refractivity contribution is 5.96. The first-order chi connectivity index (χ1) is 8.43. The van der Waals surface area contributed by atoms with Gasteiger partial charge in [-0.05, 0) is 32.4 Å². The van der Waals surface area contributed by atoms with Crippen molar-refractivity contribution in [1.82, 2.24) is 5.32 Å². The van der Waals surface area contributed by atoms with Crippen LogP contribution in [0.25, 0.3) is 0 Å². The number of aliphatic carboxylic acids is 1. The average molecular weight is 249 g/mol. The molecule has 0 unspecified atom stereocenters. The standard InChI is InChI=1S/C14H19NO3/c1-4-5-12(14(17)18)15-13(16)11-7-9(2)6-10(3)8-11/h6-8,12H,4-5H2,1-3H3,(H,15,16)(H,17,18)/t12-/m1/s1. The van der Waals surface area contributed by atoms with Crippen LogP contribution in [-0.4, -0.2) is 23.0 Å². The molecule has 1 aromatic rings. The zero-order valence-electron chi connectivity index (χ0n) is 11.0. The van der Waals surface area contributed by atoms with E-state index in [0.29, 0.717) is 18.4 Å². The van der Waals surface area contributed by atoms with E-state index in [9.17, 15) is 9.59 Å². The average Bonchev–Trinajstić information content (AvgIpc) is 2.26. The zero-order valence-corrected chi connectivity index (χ0v) is 11.0. The third kappa shape index (κ3) is 3.87. The largest absolute Gasteiger partial charge is 0.480 e. The Morgan fingerprint density at radius 3 is 2.22 bits per heavy atom. The van der Waals surface area contributed by atoms with Gasteiger partial charge in [-0.25, -0.2) is 4.79 Å². The predicted molar refractivity (Wildman–Crippen MR) is 69.7 cm³/mol. The van der Waals surface area contributed by atoms with E-state index in [1.54, 1.807) is 12.1 Å². The predicted octanol–water partition coefficient (Wildman–Crippen LogP) is 2.29. The molecule has 1 amide bonds. The summed E-state index contributed by atoms with van der Waals surface area (Å²) in [5.41, 5.74) is 2.49. The van der Waals surface area contributed by atoms with Crippen LogP contribution in [-0.2, 0) is 4.79 Å². The van der Waals surface area contributed by atoms with Gasteiger partial charge < -0.3 is 10.4 Å². The summed E-state index contributed by atoms with van der Waals surface area (Å²) >= 11 is 0. The quantitative estimate of drug-likeness (QED) is 0.841. The molecule has 1 atom stereocenters. The van der Waals surface area contributed by atoms with Gasteiger partial charge in [0.2, 0.25) is 0 Å². The number of carboxylic acids is 1. The van der Waals surface area contributed by atoms with Gasteiger partial charge >= 0.3 is 5.97 Å². The lowest BCUT2D eigenvalue weighted by atomic mass is 10.1. The lowest BCUT2D eigenvalue weighted by Gasteiger charge is -2.14. The number of carbonyl (C=O) groups excluding carboxylic acids is 1. The molecule has 0 bridgehead atoms. The molecule has 0 aliphatic heterocycles. The van der Waals surface area contributed by atoms with Crippen molar-refractivity contribution in [1.29, 1.82) is 0 Å². The first-order valence-corrected chi connectivity index (χ1v) is 6.06. The van der Waals surface area contributed by atoms with Crippen LogP contribution in [0.5, 0.6) is 0 Å². The molecule has 4 nitrogen and oxygen atoms in total. The molecule has 1 aromatic carbocycles. The van der Waals surface area contributed by atoms with Gasteiger partial charge in [0.05, 0.1) is 0 Å². The summed E-state index contributed by atoms with van der Waals surface area (Å²) in [6.45, 7) is 5.70. The maximum absolute atomic E-state index is 12.0. The van der Waals surface area contributed by atoms with Crippen LogP contribution in [0.15, 0.2) is 18.2 Å². The smallest absolute Gasteiger partial charge is 0.326 e. The fourth-order valence-electron chi connectivity index (χ4n) is 1.89. The molecule has 0 saturated carbocycles. The number of nitrogens with one attached hydrogen (secondary N) is 1. The summed E-state index contributed by atoms with van der Waals surface area (Å²) < 4.78 is 0. The number of hydrogen-bond donors (Lipinski definition) is 2. The van der Waals surface area contributed by atoms with Crippen LogP contribution < -0.4 is 5.32 Å². The second-order valence-electron chi connectivity index (χ2n) is 4.53. The maximum atomic E-state index is 12.0. The van der Waals surface area contributed by atoms with Crippen LogP contribution in [0.1, 0.15) is 41.3 Å². The summed E-state index contributed by atoms with van der Waals surface area (Å²) in [5.74, 6) is -1.32. The second kappa shape index (κ2) is 6.19. The number of carbonyl (C=O) groups is 2. The summed E-state index contributed by atoms with van der Waals surface area (Å²) in [6.07, 6.45) is 1.15. The van der Waals surface area contributed by atoms with Crippen molar-refractivity contribution in [2.24, 2.45) is 0 Å². The van der Waals surface area contributed by atoms with Crippen LogP contribution in [0.2, 0.25) is 0 Å². The SMILES string of the molecule is CCC[C@@H](NC(=O)c1cc(C)cc(C)c1)C(=O)O. The molecule has 18 heavy (non-hydrogen) atoms. The molecule has 1 rings (SSSR count). The van der Waals surface area contributed by atoms with Gasteiger partial charge in [-0.2, -0.15) is 0 Å². The number of hydrogen-bond acceptors (Lipinski definition) is 2. The molecule has 0 heterocycles. The Balaban J connectivity index is 2.83. The number of benzene rings is 1. The van der Waals surface area contributed by atoms with Crippen molar-refractivity contribution in [3.05, 3.63) is 34.9 Å². The van der Waals surface area contributed by atoms with Gasteiger partial charge in [0.25, 0.3) is 5.91 Å². The minimum atomic E-state index is -0.991. The van der Waals surface area contributed by atoms with Gasteiger partial charge in [-0.3, -0.25) is 4.79 Å². The Morgan fingerprint density at radius 2 is 1.78 bits per heavy atom. The summed E-state index contributed by atoms with van der Waals surface area (Å²) in [4.78, 5) is 22.9. The number of carboxylic acid groups (broad SMARTS) is 1. The lowest BCUT2D eigenvalue weighted by Crippen LogP contribution is -2.40. The molecule has 0 aliphatic carbocycles. The van der Waals surface area contributed by atoms with Crippen molar-refractivity contribution in [3.63, 3.8) is 0 Å². The van der Waals surface area contributed by atoms with E-state index in [1.165, 1.54) is 0 Å². The summed E-state index contributed by atoms with van der Waals surface area (Å²) in [7, 11) is 0. The molecule has 98 valence electrons. The minimum absolute atomic E-state index is 0.331. The molecule has 0 spiro atoms. The molecule has 0 saturated heterocycles. The number of rotatable bonds is 5. The maximum Gasteiger partial charge on any atom is 0.326 e. The Bertz CT molecular complexity index is 434. The molecular formula is C14H19NO3. The highest BCUT2D eigenvalue weighted by Crippen LogP contribution is 2.09. The molecule has 0 radical (unpaired) electrons. The first-order valence-electron chi connectivity index (χ1n) is 6.06. The van der Waals surface area contributed by atoms with Gasteiger partial charge in [0.1, 0.15) is 6.04 Å². The fraction of sp³-hybridized carbons (Fsp3) is 0.429. The first kappa shape index (κ1) is 14.2. The lowest BCUT2D eigenvalue weighted by molar-refractivity contribution is -0.139. The van der Waals surface area contributed by atoms with Crippen molar-refractivity contribution in [2.75, 3.05) is 0 Å². The summed E-state index contributed by atoms with van der Waals surface area (Å²) in [6, 6.07) is 4.67. The monoisotopic (exact) mass is 249 g/mol. The van der Waals surface area contributed by atoms with Gasteiger partial charge in [-0.1, -0.05) is 30.5 Å². The Morgan fingerprint density at radius 1 is 1.22 bits per heavy atom. The van der Waals surface area contributed by atoms with E-state index in [4.69, 9.17) is 5.11 Å². The molecule has 0 fully saturated rings. The normalized spacial score (nSPS) is 11.9. The third-order valence-electron chi connectivity index (χ3n) is 2.66. The van der Waals surface area contributed by atoms with Gasteiger partial charge in [0, 0.05) is 5.56 Å². The third-order valence-corrected chi connectivity index (χ3v) is 2.66. The Labute approximate surface area is 107 Å². The minimum Gasteiger partial charge on any atom is -0.480 e. The van der Waals surface area contributed by atoms with Crippen LogP contribution in [0.3, 0.4) is 0 Å². The van der Waals surface area contributed by atoms with Crippen molar-refractivity contribution >= 4 is 11.9 Å². The van der Waals surface area contributed by atoms with E-state index in [1.807, 2.05) is 26.8 Å². The van der Waals surface area contributed by atoms with Gasteiger partial charge in [-0.15, -0.1) is 0 Å². The summed E-state index contributed by atoms with van der Waals surface area (Å²) in [5, 5.41) is 11.5. The van der Waals surface area contributed by atoms with Crippen molar-refractivity contribution in [3.8, 4) is 0 Å². The van der Waals surface area contributed by atoms with Crippen molar-refractivity contribution in [2.45, 2.75) is 39.7 Å². The topological polar surface area (TPSA) is 66.4 Å². The number of aryl methyl sites for hydroxylation is 2. The molecule has 4 heteroatoms. The highest BCUT2D eigenvalue weighted by Gasteiger charge is 2.19. The van der Waals surface area contributed by atoms with E-state index < -0.39 is 12.0 Å². The second-order valence-corrected chi connectivity index (χ2v) is 4.53. The fourth-order valence-corrected chi connectivity index (χ4v) is 1.89. The molecule has 2 N–H and O–H groups in total. The van der Waals surface area contributed by atoms with E-state index in [-0.39, 0.29) is 5.91 Å². The number of amides is 1. The van der Waals surface area contributed by atoms with E-state index in [2.05, 4.69) is 5.32 Å². The van der Waals surface area contributed by atoms with E-state index >= 15 is 0 Å². The Kier molecular flexibility index (Phi) is 4.89. The molecule has 0 aliphatic rings.